The molecule has 9 nitrogen and oxygen atoms in total. The van der Waals surface area contributed by atoms with E-state index in [4.69, 9.17) is 15.5 Å². The van der Waals surface area contributed by atoms with Crippen molar-refractivity contribution in [2.45, 2.75) is 19.0 Å². The molecule has 1 unspecified atom stereocenters. The van der Waals surface area contributed by atoms with Crippen LogP contribution in [0.1, 0.15) is 22.3 Å². The van der Waals surface area contributed by atoms with Gasteiger partial charge in [-0.1, -0.05) is 6.07 Å². The van der Waals surface area contributed by atoms with Crippen molar-refractivity contribution in [1.82, 2.24) is 19.7 Å². The smallest absolute Gasteiger partial charge is 0.260 e. The Hall–Kier alpha value is -4.31. The third kappa shape index (κ3) is 3.89. The number of aryl methyl sites for hydroxylation is 1. The van der Waals surface area contributed by atoms with E-state index in [0.717, 1.165) is 29.9 Å². The number of ether oxygens (including phenoxy) is 1. The van der Waals surface area contributed by atoms with Crippen molar-refractivity contribution < 1.29 is 13.9 Å². The largest absolute Gasteiger partial charge is 0.496 e. The van der Waals surface area contributed by atoms with Crippen molar-refractivity contribution in [3.63, 3.8) is 0 Å². The van der Waals surface area contributed by atoms with Gasteiger partial charge in [0.1, 0.15) is 23.2 Å². The first kappa shape index (κ1) is 23.1. The first-order chi connectivity index (χ1) is 17.9. The number of aromatic nitrogens is 4. The minimum absolute atomic E-state index is 0.0641. The normalized spacial score (nSPS) is 17.0. The van der Waals surface area contributed by atoms with E-state index in [9.17, 15) is 9.18 Å². The Balaban J connectivity index is 1.42. The minimum atomic E-state index is -0.460. The second-order valence-corrected chi connectivity index (χ2v) is 9.33. The summed E-state index contributed by atoms with van der Waals surface area (Å²) in [5.41, 5.74) is 9.80. The molecule has 0 aliphatic carbocycles. The fourth-order valence-corrected chi connectivity index (χ4v) is 5.13. The first-order valence-electron chi connectivity index (χ1n) is 12.1. The van der Waals surface area contributed by atoms with Gasteiger partial charge in [-0.25, -0.2) is 9.37 Å². The topological polar surface area (TPSA) is 102 Å². The molecule has 2 N–H and O–H groups in total. The van der Waals surface area contributed by atoms with Gasteiger partial charge >= 0.3 is 0 Å². The lowest BCUT2D eigenvalue weighted by molar-refractivity contribution is 0.0996. The fourth-order valence-electron chi connectivity index (χ4n) is 5.13. The molecule has 1 fully saturated rings. The highest BCUT2D eigenvalue weighted by Crippen LogP contribution is 2.40. The molecular formula is C27H26FN7O2. The maximum absolute atomic E-state index is 14.9. The molecule has 6 rings (SSSR count). The molecule has 2 aliphatic rings. The summed E-state index contributed by atoms with van der Waals surface area (Å²) in [6, 6.07) is 10.2. The zero-order valence-electron chi connectivity index (χ0n) is 20.6. The first-order valence-corrected chi connectivity index (χ1v) is 12.1. The Labute approximate surface area is 213 Å². The van der Waals surface area contributed by atoms with Gasteiger partial charge in [0.2, 0.25) is 0 Å². The Kier molecular flexibility index (Phi) is 5.60. The van der Waals surface area contributed by atoms with E-state index in [1.54, 1.807) is 34.0 Å². The SMILES string of the molecule is COc1cccc(F)c1-c1nccc2c1CN(c1ccc(-c3cnn(C)c3)c(N3CCC(N)C3)n1)C2=O. The van der Waals surface area contributed by atoms with Gasteiger partial charge in [-0.3, -0.25) is 19.4 Å². The molecule has 3 aromatic heterocycles. The third-order valence-electron chi connectivity index (χ3n) is 6.96. The van der Waals surface area contributed by atoms with Crippen LogP contribution in [-0.4, -0.2) is 51.9 Å². The maximum atomic E-state index is 14.9. The number of anilines is 2. The van der Waals surface area contributed by atoms with Crippen LogP contribution in [0.3, 0.4) is 0 Å². The minimum Gasteiger partial charge on any atom is -0.496 e. The number of methoxy groups -OCH3 is 1. The number of rotatable bonds is 5. The predicted molar refractivity (Wildman–Crippen MR) is 138 cm³/mol. The predicted octanol–water partition coefficient (Wildman–Crippen LogP) is 3.39. The molecule has 2 aliphatic heterocycles. The molecule has 0 saturated carbocycles. The number of fused-ring (bicyclic) bond motifs is 1. The number of nitrogens with zero attached hydrogens (tertiary/aromatic N) is 6. The second-order valence-electron chi connectivity index (χ2n) is 9.33. The maximum Gasteiger partial charge on any atom is 0.260 e. The van der Waals surface area contributed by atoms with Crippen molar-refractivity contribution in [2.24, 2.45) is 12.8 Å². The number of pyridine rings is 2. The van der Waals surface area contributed by atoms with Gasteiger partial charge < -0.3 is 15.4 Å². The molecule has 1 saturated heterocycles. The highest BCUT2D eigenvalue weighted by atomic mass is 19.1. The fraction of sp³-hybridized carbons (Fsp3) is 0.259. The number of hydrogen-bond donors (Lipinski definition) is 1. The Bertz CT molecular complexity index is 1520. The summed E-state index contributed by atoms with van der Waals surface area (Å²) in [6.45, 7) is 1.67. The van der Waals surface area contributed by atoms with Gasteiger partial charge in [-0.05, 0) is 36.8 Å². The van der Waals surface area contributed by atoms with Gasteiger partial charge in [-0.2, -0.15) is 5.10 Å². The molecule has 4 aromatic rings. The van der Waals surface area contributed by atoms with Crippen molar-refractivity contribution >= 4 is 17.5 Å². The van der Waals surface area contributed by atoms with Gasteiger partial charge in [0.05, 0.1) is 31.1 Å². The summed E-state index contributed by atoms with van der Waals surface area (Å²) in [5.74, 6) is 0.961. The van der Waals surface area contributed by atoms with E-state index < -0.39 is 5.82 Å². The van der Waals surface area contributed by atoms with Crippen LogP contribution in [-0.2, 0) is 13.6 Å². The standard InChI is InChI=1S/C27H26FN7O2/c1-33-13-16(12-31-33)18-6-7-23(32-26(18)34-11-9-17(29)14-34)35-15-20-19(27(35)36)8-10-30-25(20)24-21(28)4-3-5-22(24)37-2/h3-8,10,12-13,17H,9,11,14-15,29H2,1-2H3. The molecule has 188 valence electrons. The summed E-state index contributed by atoms with van der Waals surface area (Å²) < 4.78 is 22.1. The molecule has 1 amide bonds. The van der Waals surface area contributed by atoms with Crippen molar-refractivity contribution in [2.75, 3.05) is 30.0 Å². The lowest BCUT2D eigenvalue weighted by Gasteiger charge is -2.23. The summed E-state index contributed by atoms with van der Waals surface area (Å²) in [7, 11) is 3.35. The Morgan fingerprint density at radius 1 is 1.16 bits per heavy atom. The Morgan fingerprint density at radius 2 is 2.03 bits per heavy atom. The molecule has 37 heavy (non-hydrogen) atoms. The zero-order valence-corrected chi connectivity index (χ0v) is 20.6. The third-order valence-corrected chi connectivity index (χ3v) is 6.96. The van der Waals surface area contributed by atoms with Gasteiger partial charge in [0, 0.05) is 60.8 Å². The number of carbonyl (C=O) groups is 1. The molecule has 1 atom stereocenters. The lowest BCUT2D eigenvalue weighted by Crippen LogP contribution is -2.29. The van der Waals surface area contributed by atoms with E-state index in [1.807, 2.05) is 25.4 Å². The van der Waals surface area contributed by atoms with Crippen molar-refractivity contribution in [1.29, 1.82) is 0 Å². The van der Waals surface area contributed by atoms with Crippen molar-refractivity contribution in [3.8, 4) is 28.1 Å². The summed E-state index contributed by atoms with van der Waals surface area (Å²) in [4.78, 5) is 26.7. The monoisotopic (exact) mass is 499 g/mol. The number of carbonyl (C=O) groups excluding carboxylic acids is 1. The molecule has 0 bridgehead atoms. The second kappa shape index (κ2) is 8.97. The highest BCUT2D eigenvalue weighted by Gasteiger charge is 2.34. The molecule has 5 heterocycles. The summed E-state index contributed by atoms with van der Waals surface area (Å²) in [5, 5.41) is 4.31. The molecule has 0 radical (unpaired) electrons. The molecule has 1 aromatic carbocycles. The number of halogens is 1. The van der Waals surface area contributed by atoms with Gasteiger partial charge in [0.25, 0.3) is 5.91 Å². The number of amides is 1. The Morgan fingerprint density at radius 3 is 2.76 bits per heavy atom. The van der Waals surface area contributed by atoms with E-state index in [2.05, 4.69) is 15.0 Å². The summed E-state index contributed by atoms with van der Waals surface area (Å²) >= 11 is 0. The van der Waals surface area contributed by atoms with Crippen LogP contribution < -0.4 is 20.3 Å². The highest BCUT2D eigenvalue weighted by molar-refractivity contribution is 6.11. The molecule has 10 heteroatoms. The number of hydrogen-bond acceptors (Lipinski definition) is 7. The molecular weight excluding hydrogens is 473 g/mol. The average molecular weight is 500 g/mol. The van der Waals surface area contributed by atoms with Crippen LogP contribution in [0, 0.1) is 5.82 Å². The molecule has 0 spiro atoms. The quantitative estimate of drug-likeness (QED) is 0.449. The van der Waals surface area contributed by atoms with Gasteiger partial charge in [0.15, 0.2) is 0 Å². The van der Waals surface area contributed by atoms with Crippen LogP contribution in [0.4, 0.5) is 16.0 Å². The average Bonchev–Trinajstić information content (AvgIpc) is 3.62. The lowest BCUT2D eigenvalue weighted by atomic mass is 10.0. The summed E-state index contributed by atoms with van der Waals surface area (Å²) in [6.07, 6.45) is 6.13. The van der Waals surface area contributed by atoms with Crippen LogP contribution in [0.25, 0.3) is 22.4 Å². The van der Waals surface area contributed by atoms with Gasteiger partial charge in [-0.15, -0.1) is 0 Å². The van der Waals surface area contributed by atoms with Crippen LogP contribution in [0.5, 0.6) is 5.75 Å². The van der Waals surface area contributed by atoms with E-state index in [0.29, 0.717) is 34.9 Å². The van der Waals surface area contributed by atoms with E-state index in [1.165, 1.54) is 19.4 Å². The van der Waals surface area contributed by atoms with E-state index in [-0.39, 0.29) is 24.1 Å². The van der Waals surface area contributed by atoms with Crippen LogP contribution >= 0.6 is 0 Å². The van der Waals surface area contributed by atoms with Crippen LogP contribution in [0.15, 0.2) is 55.0 Å². The van der Waals surface area contributed by atoms with Crippen molar-refractivity contribution in [3.05, 3.63) is 71.9 Å². The number of benzene rings is 1. The number of nitrogens with two attached hydrogens (primary N) is 1. The van der Waals surface area contributed by atoms with Crippen LogP contribution in [0.2, 0.25) is 0 Å². The zero-order chi connectivity index (χ0) is 25.7. The van der Waals surface area contributed by atoms with E-state index >= 15 is 0 Å².